The van der Waals surface area contributed by atoms with Gasteiger partial charge in [0.05, 0.1) is 11.3 Å². The number of hydrogen-bond acceptors (Lipinski definition) is 4. The van der Waals surface area contributed by atoms with E-state index in [1.807, 2.05) is 0 Å². The Kier molecular flexibility index (Phi) is 3.69. The van der Waals surface area contributed by atoms with Crippen LogP contribution in [0.2, 0.25) is 0 Å². The van der Waals surface area contributed by atoms with E-state index in [-0.39, 0.29) is 23.2 Å². The van der Waals surface area contributed by atoms with Crippen LogP contribution in [0.4, 0.5) is 10.1 Å². The number of carbonyl (C=O) groups is 2. The van der Waals surface area contributed by atoms with Crippen LogP contribution in [0.15, 0.2) is 18.2 Å². The zero-order chi connectivity index (χ0) is 14.0. The summed E-state index contributed by atoms with van der Waals surface area (Å²) < 4.78 is 18.0. The van der Waals surface area contributed by atoms with Crippen LogP contribution in [-0.4, -0.2) is 24.0 Å². The van der Waals surface area contributed by atoms with Crippen LogP contribution in [-0.2, 0) is 9.53 Å². The van der Waals surface area contributed by atoms with Crippen LogP contribution in [0, 0.1) is 5.82 Å². The number of anilines is 1. The van der Waals surface area contributed by atoms with Gasteiger partial charge >= 0.3 is 5.97 Å². The lowest BCUT2D eigenvalue weighted by Gasteiger charge is -2.13. The molecule has 0 saturated heterocycles. The average Bonchev–Trinajstić information content (AvgIpc) is 3.16. The van der Waals surface area contributed by atoms with Gasteiger partial charge in [-0.3, -0.25) is 4.79 Å². The first-order valence-corrected chi connectivity index (χ1v) is 6.03. The number of nitrogens with one attached hydrogen (secondary N) is 1. The Morgan fingerprint density at radius 1 is 1.47 bits per heavy atom. The highest BCUT2D eigenvalue weighted by Gasteiger charge is 2.27. The van der Waals surface area contributed by atoms with E-state index >= 15 is 0 Å². The molecule has 0 aliphatic heterocycles. The Labute approximate surface area is 109 Å². The Morgan fingerprint density at radius 2 is 2.16 bits per heavy atom. The number of halogens is 1. The van der Waals surface area contributed by atoms with E-state index in [1.54, 1.807) is 0 Å². The first kappa shape index (κ1) is 13.3. The van der Waals surface area contributed by atoms with Gasteiger partial charge in [0.2, 0.25) is 0 Å². The fraction of sp³-hybridized carbons (Fsp3) is 0.385. The van der Waals surface area contributed by atoms with Crippen molar-refractivity contribution in [3.63, 3.8) is 0 Å². The monoisotopic (exact) mass is 266 g/mol. The average molecular weight is 266 g/mol. The van der Waals surface area contributed by atoms with E-state index in [4.69, 9.17) is 10.5 Å². The molecule has 0 heterocycles. The van der Waals surface area contributed by atoms with Crippen LogP contribution >= 0.6 is 0 Å². The number of nitrogen functional groups attached to an aromatic ring is 1. The van der Waals surface area contributed by atoms with Crippen molar-refractivity contribution in [2.24, 2.45) is 0 Å². The first-order chi connectivity index (χ1) is 8.97. The SMILES string of the molecule is CC(OC(=O)c1ccc(F)c(N)c1)C(=O)NC1CC1. The minimum atomic E-state index is -0.889. The topological polar surface area (TPSA) is 81.4 Å². The lowest BCUT2D eigenvalue weighted by Crippen LogP contribution is -2.37. The molecule has 1 aliphatic carbocycles. The van der Waals surface area contributed by atoms with E-state index in [0.717, 1.165) is 18.9 Å². The maximum Gasteiger partial charge on any atom is 0.338 e. The van der Waals surface area contributed by atoms with Gasteiger partial charge in [-0.25, -0.2) is 9.18 Å². The summed E-state index contributed by atoms with van der Waals surface area (Å²) in [7, 11) is 0. The summed E-state index contributed by atoms with van der Waals surface area (Å²) in [5, 5.41) is 2.73. The van der Waals surface area contributed by atoms with Crippen LogP contribution in [0.3, 0.4) is 0 Å². The van der Waals surface area contributed by atoms with Gasteiger partial charge in [-0.05, 0) is 38.0 Å². The molecule has 0 radical (unpaired) electrons. The van der Waals surface area contributed by atoms with Crippen molar-refractivity contribution in [1.82, 2.24) is 5.32 Å². The molecule has 1 aromatic rings. The van der Waals surface area contributed by atoms with Gasteiger partial charge in [-0.1, -0.05) is 0 Å². The highest BCUT2D eigenvalue weighted by molar-refractivity contribution is 5.93. The van der Waals surface area contributed by atoms with E-state index in [1.165, 1.54) is 19.1 Å². The van der Waals surface area contributed by atoms with Crippen molar-refractivity contribution in [3.8, 4) is 0 Å². The molecule has 3 N–H and O–H groups in total. The summed E-state index contributed by atoms with van der Waals surface area (Å²) in [5.74, 6) is -1.63. The van der Waals surface area contributed by atoms with E-state index in [0.29, 0.717) is 0 Å². The van der Waals surface area contributed by atoms with Crippen LogP contribution < -0.4 is 11.1 Å². The summed E-state index contributed by atoms with van der Waals surface area (Å²) in [5.41, 5.74) is 5.34. The largest absolute Gasteiger partial charge is 0.449 e. The number of esters is 1. The molecule has 19 heavy (non-hydrogen) atoms. The van der Waals surface area contributed by atoms with Crippen molar-refractivity contribution in [2.75, 3.05) is 5.73 Å². The molecule has 1 saturated carbocycles. The summed E-state index contributed by atoms with van der Waals surface area (Å²) >= 11 is 0. The predicted molar refractivity (Wildman–Crippen MR) is 66.9 cm³/mol. The number of rotatable bonds is 4. The van der Waals surface area contributed by atoms with Crippen LogP contribution in [0.25, 0.3) is 0 Å². The Hall–Kier alpha value is -2.11. The van der Waals surface area contributed by atoms with Crippen LogP contribution in [0.5, 0.6) is 0 Å². The third-order valence-corrected chi connectivity index (χ3v) is 2.81. The number of carbonyl (C=O) groups excluding carboxylic acids is 2. The molecule has 0 spiro atoms. The molecule has 1 atom stereocenters. The third-order valence-electron chi connectivity index (χ3n) is 2.81. The molecule has 0 bridgehead atoms. The Bertz CT molecular complexity index is 515. The lowest BCUT2D eigenvalue weighted by molar-refractivity contribution is -0.129. The van der Waals surface area contributed by atoms with Gasteiger partial charge in [0.1, 0.15) is 5.82 Å². The molecule has 6 heteroatoms. The molecule has 1 amide bonds. The standard InChI is InChI=1S/C13H15FN2O3/c1-7(12(17)16-9-3-4-9)19-13(18)8-2-5-10(14)11(15)6-8/h2,5-7,9H,3-4,15H2,1H3,(H,16,17). The normalized spacial score (nSPS) is 15.7. The smallest absolute Gasteiger partial charge is 0.338 e. The van der Waals surface area contributed by atoms with Gasteiger partial charge in [0.15, 0.2) is 6.10 Å². The zero-order valence-corrected chi connectivity index (χ0v) is 10.5. The maximum absolute atomic E-state index is 13.0. The van der Waals surface area contributed by atoms with E-state index < -0.39 is 17.9 Å². The molecule has 0 aromatic heterocycles. The molecule has 102 valence electrons. The molecular weight excluding hydrogens is 251 g/mol. The number of benzene rings is 1. The first-order valence-electron chi connectivity index (χ1n) is 6.03. The highest BCUT2D eigenvalue weighted by Crippen LogP contribution is 2.19. The fourth-order valence-corrected chi connectivity index (χ4v) is 1.50. The second-order valence-corrected chi connectivity index (χ2v) is 4.57. The fourth-order valence-electron chi connectivity index (χ4n) is 1.50. The second kappa shape index (κ2) is 5.26. The maximum atomic E-state index is 13.0. The van der Waals surface area contributed by atoms with Crippen molar-refractivity contribution in [3.05, 3.63) is 29.6 Å². The molecule has 1 aromatic carbocycles. The molecule has 5 nitrogen and oxygen atoms in total. The molecule has 2 rings (SSSR count). The summed E-state index contributed by atoms with van der Waals surface area (Å²) in [6, 6.07) is 3.74. The van der Waals surface area contributed by atoms with Gasteiger partial charge < -0.3 is 15.8 Å². The Morgan fingerprint density at radius 3 is 2.74 bits per heavy atom. The summed E-state index contributed by atoms with van der Waals surface area (Å²) in [6.07, 6.45) is 1.03. The molecule has 1 aliphatic rings. The van der Waals surface area contributed by atoms with Crippen LogP contribution in [0.1, 0.15) is 30.1 Å². The van der Waals surface area contributed by atoms with Gasteiger partial charge in [0.25, 0.3) is 5.91 Å². The lowest BCUT2D eigenvalue weighted by atomic mass is 10.2. The quantitative estimate of drug-likeness (QED) is 0.634. The highest BCUT2D eigenvalue weighted by atomic mass is 19.1. The van der Waals surface area contributed by atoms with Crippen molar-refractivity contribution in [1.29, 1.82) is 0 Å². The van der Waals surface area contributed by atoms with E-state index in [9.17, 15) is 14.0 Å². The Balaban J connectivity index is 1.95. The predicted octanol–water partition coefficient (Wildman–Crippen LogP) is 1.23. The third kappa shape index (κ3) is 3.43. The number of amides is 1. The van der Waals surface area contributed by atoms with E-state index in [2.05, 4.69) is 5.32 Å². The summed E-state index contributed by atoms with van der Waals surface area (Å²) in [4.78, 5) is 23.4. The van der Waals surface area contributed by atoms with Gasteiger partial charge in [0, 0.05) is 6.04 Å². The molecule has 1 fully saturated rings. The summed E-state index contributed by atoms with van der Waals surface area (Å²) in [6.45, 7) is 1.49. The second-order valence-electron chi connectivity index (χ2n) is 4.57. The van der Waals surface area contributed by atoms with Crippen molar-refractivity contribution >= 4 is 17.6 Å². The number of ether oxygens (including phenoxy) is 1. The van der Waals surface area contributed by atoms with Crippen molar-refractivity contribution < 1.29 is 18.7 Å². The number of nitrogens with two attached hydrogens (primary N) is 1. The molecular formula is C13H15FN2O3. The minimum absolute atomic E-state index is 0.116. The zero-order valence-electron chi connectivity index (χ0n) is 10.5. The van der Waals surface area contributed by atoms with Crippen molar-refractivity contribution in [2.45, 2.75) is 31.9 Å². The molecule has 1 unspecified atom stereocenters. The minimum Gasteiger partial charge on any atom is -0.449 e. The van der Waals surface area contributed by atoms with Gasteiger partial charge in [-0.2, -0.15) is 0 Å². The number of hydrogen-bond donors (Lipinski definition) is 2. The van der Waals surface area contributed by atoms with Gasteiger partial charge in [-0.15, -0.1) is 0 Å².